The number of para-hydroxylation sites is 1. The molecule has 0 aliphatic heterocycles. The maximum atomic E-state index is 12.4. The van der Waals surface area contributed by atoms with Gasteiger partial charge in [0, 0.05) is 14.1 Å². The summed E-state index contributed by atoms with van der Waals surface area (Å²) in [7, 11) is 3.26. The molecule has 0 radical (unpaired) electrons. The molecule has 0 aromatic heterocycles. The van der Waals surface area contributed by atoms with Gasteiger partial charge >= 0.3 is 6.18 Å². The molecule has 0 saturated heterocycles. The Morgan fingerprint density at radius 3 is 2.21 bits per heavy atom. The van der Waals surface area contributed by atoms with Gasteiger partial charge in [0.05, 0.1) is 11.3 Å². The van der Waals surface area contributed by atoms with Crippen LogP contribution in [0.3, 0.4) is 0 Å². The Balaban J connectivity index is 3.04. The number of anilines is 1. The van der Waals surface area contributed by atoms with Crippen LogP contribution in [-0.4, -0.2) is 19.1 Å². The standard InChI is InChI=1S/C9H11F3N2/c1-14(2)13-8-6-4-3-5-7(8)9(10,11)12/h3-6,13H,1-2H3. The highest BCUT2D eigenvalue weighted by Gasteiger charge is 2.33. The molecule has 1 rings (SSSR count). The van der Waals surface area contributed by atoms with E-state index >= 15 is 0 Å². The monoisotopic (exact) mass is 204 g/mol. The minimum Gasteiger partial charge on any atom is -0.319 e. The first-order valence-electron chi connectivity index (χ1n) is 4.01. The van der Waals surface area contributed by atoms with Gasteiger partial charge in [-0.15, -0.1) is 0 Å². The van der Waals surface area contributed by atoms with Crippen LogP contribution in [0.5, 0.6) is 0 Å². The van der Waals surface area contributed by atoms with Crippen molar-refractivity contribution in [3.05, 3.63) is 29.8 Å². The Hall–Kier alpha value is -1.23. The molecule has 78 valence electrons. The highest BCUT2D eigenvalue weighted by atomic mass is 19.4. The normalized spacial score (nSPS) is 11.9. The van der Waals surface area contributed by atoms with E-state index in [0.29, 0.717) is 0 Å². The van der Waals surface area contributed by atoms with Crippen molar-refractivity contribution in [3.8, 4) is 0 Å². The zero-order chi connectivity index (χ0) is 10.8. The van der Waals surface area contributed by atoms with Gasteiger partial charge in [0.2, 0.25) is 0 Å². The molecular weight excluding hydrogens is 193 g/mol. The Bertz CT molecular complexity index is 307. The van der Waals surface area contributed by atoms with E-state index < -0.39 is 11.7 Å². The Morgan fingerprint density at radius 2 is 1.71 bits per heavy atom. The smallest absolute Gasteiger partial charge is 0.319 e. The number of alkyl halides is 3. The van der Waals surface area contributed by atoms with Gasteiger partial charge in [0.25, 0.3) is 0 Å². The number of nitrogens with zero attached hydrogens (tertiary/aromatic N) is 1. The predicted molar refractivity (Wildman–Crippen MR) is 48.8 cm³/mol. The third kappa shape index (κ3) is 2.63. The first kappa shape index (κ1) is 10.8. The second kappa shape index (κ2) is 3.88. The summed E-state index contributed by atoms with van der Waals surface area (Å²) in [5, 5.41) is 1.46. The molecule has 0 saturated carbocycles. The summed E-state index contributed by atoms with van der Waals surface area (Å²) in [6, 6.07) is 5.36. The third-order valence-corrected chi connectivity index (χ3v) is 1.58. The fourth-order valence-corrected chi connectivity index (χ4v) is 1.07. The molecular formula is C9H11F3N2. The summed E-state index contributed by atoms with van der Waals surface area (Å²) >= 11 is 0. The molecule has 1 aromatic rings. The molecule has 0 unspecified atom stereocenters. The lowest BCUT2D eigenvalue weighted by Crippen LogP contribution is -2.22. The fourth-order valence-electron chi connectivity index (χ4n) is 1.07. The topological polar surface area (TPSA) is 15.3 Å². The van der Waals surface area contributed by atoms with E-state index in [9.17, 15) is 13.2 Å². The van der Waals surface area contributed by atoms with Gasteiger partial charge in [0.15, 0.2) is 0 Å². The van der Waals surface area contributed by atoms with Crippen LogP contribution < -0.4 is 5.43 Å². The van der Waals surface area contributed by atoms with Crippen LogP contribution in [0, 0.1) is 0 Å². The largest absolute Gasteiger partial charge is 0.418 e. The van der Waals surface area contributed by atoms with Gasteiger partial charge in [-0.05, 0) is 12.1 Å². The number of hydrogen-bond donors (Lipinski definition) is 1. The maximum absolute atomic E-state index is 12.4. The van der Waals surface area contributed by atoms with Crippen molar-refractivity contribution in [1.82, 2.24) is 5.01 Å². The number of rotatable bonds is 2. The molecule has 0 heterocycles. The van der Waals surface area contributed by atoms with Crippen molar-refractivity contribution in [2.24, 2.45) is 0 Å². The quantitative estimate of drug-likeness (QED) is 0.745. The number of hydrogen-bond acceptors (Lipinski definition) is 2. The summed E-state index contributed by atoms with van der Waals surface area (Å²) in [6.07, 6.45) is -4.32. The third-order valence-electron chi connectivity index (χ3n) is 1.58. The van der Waals surface area contributed by atoms with Crippen LogP contribution in [0.1, 0.15) is 5.56 Å². The van der Waals surface area contributed by atoms with Gasteiger partial charge in [0.1, 0.15) is 0 Å². The van der Waals surface area contributed by atoms with Gasteiger partial charge in [-0.1, -0.05) is 12.1 Å². The van der Waals surface area contributed by atoms with Crippen molar-refractivity contribution in [1.29, 1.82) is 0 Å². The lowest BCUT2D eigenvalue weighted by molar-refractivity contribution is -0.137. The summed E-state index contributed by atoms with van der Waals surface area (Å²) in [4.78, 5) is 0. The first-order chi connectivity index (χ1) is 6.41. The zero-order valence-electron chi connectivity index (χ0n) is 7.89. The lowest BCUT2D eigenvalue weighted by Gasteiger charge is -2.18. The molecule has 14 heavy (non-hydrogen) atoms. The van der Waals surface area contributed by atoms with Crippen molar-refractivity contribution >= 4 is 5.69 Å². The summed E-state index contributed by atoms with van der Waals surface area (Å²) in [5.74, 6) is 0. The van der Waals surface area contributed by atoms with E-state index in [1.165, 1.54) is 17.1 Å². The number of halogens is 3. The van der Waals surface area contributed by atoms with Crippen LogP contribution in [-0.2, 0) is 6.18 Å². The number of nitrogens with one attached hydrogen (secondary N) is 1. The van der Waals surface area contributed by atoms with Crippen LogP contribution in [0.2, 0.25) is 0 Å². The van der Waals surface area contributed by atoms with Gasteiger partial charge in [-0.2, -0.15) is 13.2 Å². The van der Waals surface area contributed by atoms with E-state index in [0.717, 1.165) is 6.07 Å². The van der Waals surface area contributed by atoms with Gasteiger partial charge in [-0.3, -0.25) is 0 Å². The predicted octanol–water partition coefficient (Wildman–Crippen LogP) is 2.59. The van der Waals surface area contributed by atoms with E-state index in [-0.39, 0.29) is 5.69 Å². The van der Waals surface area contributed by atoms with Gasteiger partial charge < -0.3 is 5.43 Å². The maximum Gasteiger partial charge on any atom is 0.418 e. The Labute approximate surface area is 80.3 Å². The molecule has 5 heteroatoms. The van der Waals surface area contributed by atoms with Crippen molar-refractivity contribution in [2.45, 2.75) is 6.18 Å². The van der Waals surface area contributed by atoms with Crippen molar-refractivity contribution < 1.29 is 13.2 Å². The van der Waals surface area contributed by atoms with Crippen molar-refractivity contribution in [3.63, 3.8) is 0 Å². The molecule has 0 fully saturated rings. The minimum atomic E-state index is -4.32. The second-order valence-electron chi connectivity index (χ2n) is 3.05. The van der Waals surface area contributed by atoms with Crippen LogP contribution >= 0.6 is 0 Å². The lowest BCUT2D eigenvalue weighted by atomic mass is 10.2. The molecule has 0 aliphatic rings. The minimum absolute atomic E-state index is 0.0602. The van der Waals surface area contributed by atoms with E-state index in [1.807, 2.05) is 0 Å². The van der Waals surface area contributed by atoms with E-state index in [2.05, 4.69) is 5.43 Å². The highest BCUT2D eigenvalue weighted by molar-refractivity contribution is 5.51. The molecule has 2 nitrogen and oxygen atoms in total. The molecule has 1 aromatic carbocycles. The average Bonchev–Trinajstić information content (AvgIpc) is 2.01. The van der Waals surface area contributed by atoms with Crippen LogP contribution in [0.4, 0.5) is 18.9 Å². The number of benzene rings is 1. The molecule has 1 N–H and O–H groups in total. The molecule has 0 aliphatic carbocycles. The number of hydrazine groups is 1. The highest BCUT2D eigenvalue weighted by Crippen LogP contribution is 2.34. The van der Waals surface area contributed by atoms with Crippen LogP contribution in [0.15, 0.2) is 24.3 Å². The van der Waals surface area contributed by atoms with E-state index in [1.54, 1.807) is 20.2 Å². The Kier molecular flexibility index (Phi) is 3.00. The molecule has 0 atom stereocenters. The first-order valence-corrected chi connectivity index (χ1v) is 4.01. The summed E-state index contributed by atoms with van der Waals surface area (Å²) in [6.45, 7) is 0. The van der Waals surface area contributed by atoms with E-state index in [4.69, 9.17) is 0 Å². The summed E-state index contributed by atoms with van der Waals surface area (Å²) in [5.41, 5.74) is 1.99. The van der Waals surface area contributed by atoms with Gasteiger partial charge in [-0.25, -0.2) is 5.01 Å². The van der Waals surface area contributed by atoms with Crippen LogP contribution in [0.25, 0.3) is 0 Å². The molecule has 0 spiro atoms. The Morgan fingerprint density at radius 1 is 1.14 bits per heavy atom. The molecule has 0 bridgehead atoms. The average molecular weight is 204 g/mol. The van der Waals surface area contributed by atoms with Crippen molar-refractivity contribution in [2.75, 3.05) is 19.5 Å². The second-order valence-corrected chi connectivity index (χ2v) is 3.05. The molecule has 0 amide bonds. The SMILES string of the molecule is CN(C)Nc1ccccc1C(F)(F)F. The fraction of sp³-hybridized carbons (Fsp3) is 0.333. The zero-order valence-corrected chi connectivity index (χ0v) is 7.89. The summed E-state index contributed by atoms with van der Waals surface area (Å²) < 4.78 is 37.3.